The number of hydrogen-bond acceptors (Lipinski definition) is 3. The molecule has 0 aliphatic carbocycles. The molecule has 1 aromatic rings. The van der Waals surface area contributed by atoms with Gasteiger partial charge in [-0.25, -0.2) is 0 Å². The molecule has 1 aromatic carbocycles. The Balaban J connectivity index is 2.10. The summed E-state index contributed by atoms with van der Waals surface area (Å²) in [5.41, 5.74) is 1.02. The highest BCUT2D eigenvalue weighted by Crippen LogP contribution is 2.25. The van der Waals surface area contributed by atoms with Gasteiger partial charge >= 0.3 is 0 Å². The number of ether oxygens (including phenoxy) is 1. The molecule has 0 spiro atoms. The first-order valence-corrected chi connectivity index (χ1v) is 6.86. The molecule has 4 heteroatoms. The van der Waals surface area contributed by atoms with Crippen molar-refractivity contribution in [3.8, 4) is 0 Å². The fraction of sp³-hybridized carbons (Fsp3) is 0.533. The molecular weight excluding hydrogens is 240 g/mol. The van der Waals surface area contributed by atoms with Crippen molar-refractivity contribution < 1.29 is 9.53 Å². The summed E-state index contributed by atoms with van der Waals surface area (Å²) in [5, 5.41) is 3.35. The maximum absolute atomic E-state index is 12.5. The van der Waals surface area contributed by atoms with Crippen LogP contribution in [0.2, 0.25) is 0 Å². The van der Waals surface area contributed by atoms with E-state index < -0.39 is 0 Å². The van der Waals surface area contributed by atoms with E-state index in [0.29, 0.717) is 13.2 Å². The zero-order valence-electron chi connectivity index (χ0n) is 11.8. The van der Waals surface area contributed by atoms with Gasteiger partial charge in [-0.3, -0.25) is 10.1 Å². The average Bonchev–Trinajstić information content (AvgIpc) is 2.72. The van der Waals surface area contributed by atoms with E-state index in [1.807, 2.05) is 56.0 Å². The lowest BCUT2D eigenvalue weighted by Gasteiger charge is -2.27. The van der Waals surface area contributed by atoms with Crippen molar-refractivity contribution in [1.29, 1.82) is 0 Å². The number of nitrogens with one attached hydrogen (secondary N) is 1. The van der Waals surface area contributed by atoms with E-state index in [9.17, 15) is 4.79 Å². The lowest BCUT2D eigenvalue weighted by molar-refractivity contribution is -0.133. The van der Waals surface area contributed by atoms with Crippen molar-refractivity contribution in [2.24, 2.45) is 0 Å². The first-order valence-electron chi connectivity index (χ1n) is 6.86. The molecule has 104 valence electrons. The van der Waals surface area contributed by atoms with Gasteiger partial charge in [0.1, 0.15) is 6.04 Å². The Morgan fingerprint density at radius 1 is 1.37 bits per heavy atom. The summed E-state index contributed by atoms with van der Waals surface area (Å²) in [5.74, 6) is 0.130. The van der Waals surface area contributed by atoms with E-state index >= 15 is 0 Å². The average molecular weight is 262 g/mol. The maximum Gasteiger partial charge on any atom is 0.245 e. The van der Waals surface area contributed by atoms with Crippen LogP contribution in [0.15, 0.2) is 30.3 Å². The summed E-state index contributed by atoms with van der Waals surface area (Å²) >= 11 is 0. The topological polar surface area (TPSA) is 41.6 Å². The van der Waals surface area contributed by atoms with Crippen LogP contribution in [-0.4, -0.2) is 36.2 Å². The van der Waals surface area contributed by atoms with Gasteiger partial charge in [0.05, 0.1) is 18.8 Å². The van der Waals surface area contributed by atoms with Gasteiger partial charge in [-0.1, -0.05) is 30.3 Å². The molecule has 4 nitrogen and oxygen atoms in total. The van der Waals surface area contributed by atoms with E-state index in [-0.39, 0.29) is 24.2 Å². The quantitative estimate of drug-likeness (QED) is 0.881. The molecule has 1 saturated heterocycles. The second kappa shape index (κ2) is 6.17. The molecule has 19 heavy (non-hydrogen) atoms. The predicted molar refractivity (Wildman–Crippen MR) is 74.6 cm³/mol. The number of carbonyl (C=O) groups is 1. The van der Waals surface area contributed by atoms with Crippen molar-refractivity contribution in [2.45, 2.75) is 39.0 Å². The molecule has 3 unspecified atom stereocenters. The van der Waals surface area contributed by atoms with E-state index in [1.54, 1.807) is 0 Å². The summed E-state index contributed by atoms with van der Waals surface area (Å²) in [6, 6.07) is 9.70. The number of rotatable bonds is 5. The second-order valence-corrected chi connectivity index (χ2v) is 4.94. The second-order valence-electron chi connectivity index (χ2n) is 4.94. The Labute approximate surface area is 114 Å². The molecule has 1 amide bonds. The molecular formula is C15H22N2O2. The van der Waals surface area contributed by atoms with Gasteiger partial charge in [-0.2, -0.15) is 0 Å². The smallest absolute Gasteiger partial charge is 0.245 e. The van der Waals surface area contributed by atoms with Crippen LogP contribution in [0.4, 0.5) is 0 Å². The van der Waals surface area contributed by atoms with Crippen LogP contribution >= 0.6 is 0 Å². The van der Waals surface area contributed by atoms with Gasteiger partial charge in [0.2, 0.25) is 5.91 Å². The van der Waals surface area contributed by atoms with Crippen LogP contribution in [0.25, 0.3) is 0 Å². The van der Waals surface area contributed by atoms with Crippen LogP contribution in [0, 0.1) is 0 Å². The molecule has 0 aromatic heterocycles. The molecule has 0 radical (unpaired) electrons. The summed E-state index contributed by atoms with van der Waals surface area (Å²) in [6.45, 7) is 7.27. The highest BCUT2D eigenvalue weighted by Gasteiger charge is 2.39. The highest BCUT2D eigenvalue weighted by atomic mass is 16.5. The minimum Gasteiger partial charge on any atom is -0.380 e. The SMILES string of the molecule is CCOCC(C)N1C(=O)C(c2ccccc2)NC1C. The fourth-order valence-electron chi connectivity index (χ4n) is 2.58. The zero-order chi connectivity index (χ0) is 13.8. The molecule has 3 atom stereocenters. The molecule has 1 aliphatic heterocycles. The van der Waals surface area contributed by atoms with Crippen LogP contribution in [0.1, 0.15) is 32.4 Å². The van der Waals surface area contributed by atoms with Crippen molar-refractivity contribution in [3.63, 3.8) is 0 Å². The summed E-state index contributed by atoms with van der Waals surface area (Å²) in [7, 11) is 0. The lowest BCUT2D eigenvalue weighted by Crippen LogP contribution is -2.43. The normalized spacial score (nSPS) is 24.8. The monoisotopic (exact) mass is 262 g/mol. The third-order valence-electron chi connectivity index (χ3n) is 3.50. The van der Waals surface area contributed by atoms with Crippen LogP contribution in [0.3, 0.4) is 0 Å². The van der Waals surface area contributed by atoms with E-state index in [2.05, 4.69) is 5.32 Å². The maximum atomic E-state index is 12.5. The van der Waals surface area contributed by atoms with Gasteiger partial charge in [-0.15, -0.1) is 0 Å². The lowest BCUT2D eigenvalue weighted by atomic mass is 10.1. The number of carbonyl (C=O) groups excluding carboxylic acids is 1. The molecule has 0 saturated carbocycles. The van der Waals surface area contributed by atoms with Gasteiger partial charge in [-0.05, 0) is 26.3 Å². The third kappa shape index (κ3) is 2.96. The first-order chi connectivity index (χ1) is 9.15. The summed E-state index contributed by atoms with van der Waals surface area (Å²) < 4.78 is 5.42. The van der Waals surface area contributed by atoms with Gasteiger partial charge in [0, 0.05) is 6.61 Å². The van der Waals surface area contributed by atoms with Crippen LogP contribution in [0.5, 0.6) is 0 Å². The van der Waals surface area contributed by atoms with Gasteiger partial charge in [0.15, 0.2) is 0 Å². The van der Waals surface area contributed by atoms with Crippen LogP contribution < -0.4 is 5.32 Å². The van der Waals surface area contributed by atoms with Crippen LogP contribution in [-0.2, 0) is 9.53 Å². The first kappa shape index (κ1) is 14.0. The Bertz CT molecular complexity index is 421. The fourth-order valence-corrected chi connectivity index (χ4v) is 2.58. The van der Waals surface area contributed by atoms with Gasteiger partial charge in [0.25, 0.3) is 0 Å². The summed E-state index contributed by atoms with van der Waals surface area (Å²) in [6.07, 6.45) is 0.0353. The minimum absolute atomic E-state index is 0.0353. The number of hydrogen-bond donors (Lipinski definition) is 1. The minimum atomic E-state index is -0.236. The molecule has 0 bridgehead atoms. The van der Waals surface area contributed by atoms with Crippen molar-refractivity contribution in [2.75, 3.05) is 13.2 Å². The highest BCUT2D eigenvalue weighted by molar-refractivity contribution is 5.85. The van der Waals surface area contributed by atoms with Crippen molar-refractivity contribution in [1.82, 2.24) is 10.2 Å². The summed E-state index contributed by atoms with van der Waals surface area (Å²) in [4.78, 5) is 14.4. The van der Waals surface area contributed by atoms with Crippen molar-refractivity contribution in [3.05, 3.63) is 35.9 Å². The standard InChI is InChI=1S/C15H22N2O2/c1-4-19-10-11(2)17-12(3)16-14(15(17)18)13-8-6-5-7-9-13/h5-9,11-12,14,16H,4,10H2,1-3H3. The molecule has 1 fully saturated rings. The zero-order valence-corrected chi connectivity index (χ0v) is 11.8. The Hall–Kier alpha value is -1.39. The Morgan fingerprint density at radius 2 is 2.05 bits per heavy atom. The largest absolute Gasteiger partial charge is 0.380 e. The Morgan fingerprint density at radius 3 is 2.68 bits per heavy atom. The van der Waals surface area contributed by atoms with Gasteiger partial charge < -0.3 is 9.64 Å². The van der Waals surface area contributed by atoms with Crippen molar-refractivity contribution >= 4 is 5.91 Å². The van der Waals surface area contributed by atoms with E-state index in [0.717, 1.165) is 5.56 Å². The molecule has 1 N–H and O–H groups in total. The predicted octanol–water partition coefficient (Wildman–Crippen LogP) is 1.93. The van der Waals surface area contributed by atoms with E-state index in [4.69, 9.17) is 4.74 Å². The van der Waals surface area contributed by atoms with E-state index in [1.165, 1.54) is 0 Å². The number of amides is 1. The molecule has 2 rings (SSSR count). The molecule has 1 heterocycles. The number of benzene rings is 1. The third-order valence-corrected chi connectivity index (χ3v) is 3.50. The number of nitrogens with zero attached hydrogens (tertiary/aromatic N) is 1. The Kier molecular flexibility index (Phi) is 4.56. The molecule has 1 aliphatic rings.